The van der Waals surface area contributed by atoms with E-state index in [9.17, 15) is 12.8 Å². The molecule has 2 heterocycles. The Morgan fingerprint density at radius 2 is 1.88 bits per heavy atom. The van der Waals surface area contributed by atoms with Gasteiger partial charge in [-0.1, -0.05) is 12.1 Å². The van der Waals surface area contributed by atoms with Gasteiger partial charge >= 0.3 is 0 Å². The van der Waals surface area contributed by atoms with Gasteiger partial charge in [-0.25, -0.2) is 31.0 Å². The molecule has 2 aromatic carbocycles. The van der Waals surface area contributed by atoms with Crippen molar-refractivity contribution in [1.82, 2.24) is 9.29 Å². The summed E-state index contributed by atoms with van der Waals surface area (Å²) in [5.41, 5.74) is -0.193. The van der Waals surface area contributed by atoms with Crippen molar-refractivity contribution in [2.75, 3.05) is 13.1 Å². The van der Waals surface area contributed by atoms with Gasteiger partial charge in [-0.3, -0.25) is 0 Å². The van der Waals surface area contributed by atoms with Gasteiger partial charge in [0.1, 0.15) is 23.5 Å². The number of aromatic nitrogens is 1. The number of nitriles is 1. The molecule has 1 fully saturated rings. The highest BCUT2D eigenvalue weighted by Gasteiger charge is 2.34. The Balaban J connectivity index is 1.82. The largest absolute Gasteiger partial charge is 0.246 e. The first-order valence-electron chi connectivity index (χ1n) is 10.2. The molecule has 0 unspecified atom stereocenters. The molecule has 5 nitrogen and oxygen atoms in total. The van der Waals surface area contributed by atoms with Crippen LogP contribution < -0.4 is 0 Å². The van der Waals surface area contributed by atoms with E-state index in [-0.39, 0.29) is 31.5 Å². The molecule has 3 aromatic rings. The smallest absolute Gasteiger partial charge is 0.243 e. The van der Waals surface area contributed by atoms with Gasteiger partial charge < -0.3 is 0 Å². The highest BCUT2D eigenvalue weighted by Crippen LogP contribution is 2.34. The number of nitrogens with zero attached hydrogens (tertiary/aromatic N) is 3. The Labute approximate surface area is 188 Å². The van der Waals surface area contributed by atoms with E-state index < -0.39 is 49.8 Å². The first-order chi connectivity index (χ1) is 15.6. The molecular weight excluding hydrogens is 458 g/mol. The van der Waals surface area contributed by atoms with Crippen LogP contribution in [0.25, 0.3) is 22.2 Å². The third-order valence-corrected chi connectivity index (χ3v) is 7.59. The number of pyridine rings is 1. The Morgan fingerprint density at radius 1 is 1.18 bits per heavy atom. The quantitative estimate of drug-likeness (QED) is 0.494. The number of aryl methyl sites for hydroxylation is 2. The molecule has 0 aliphatic carbocycles. The fraction of sp³-hybridized carbons (Fsp3) is 0.304. The van der Waals surface area contributed by atoms with E-state index >= 15 is 13.2 Å². The molecular formula is C23H19F4N3O2S. The van der Waals surface area contributed by atoms with Crippen LogP contribution in [0.15, 0.2) is 35.2 Å². The van der Waals surface area contributed by atoms with Crippen LogP contribution in [0.5, 0.6) is 0 Å². The molecule has 1 aliphatic heterocycles. The molecule has 0 radical (unpaired) electrons. The van der Waals surface area contributed by atoms with Crippen molar-refractivity contribution >= 4 is 20.9 Å². The topological polar surface area (TPSA) is 74.1 Å². The summed E-state index contributed by atoms with van der Waals surface area (Å²) in [7, 11) is -4.31. The number of rotatable bonds is 5. The first-order valence-corrected chi connectivity index (χ1v) is 11.7. The minimum absolute atomic E-state index is 0.00410. The van der Waals surface area contributed by atoms with E-state index in [0.29, 0.717) is 29.5 Å². The number of hydrogen-bond acceptors (Lipinski definition) is 4. The molecule has 1 atom stereocenters. The number of benzene rings is 2. The van der Waals surface area contributed by atoms with E-state index in [1.807, 2.05) is 6.07 Å². The van der Waals surface area contributed by atoms with Crippen LogP contribution in [-0.2, 0) is 16.4 Å². The zero-order valence-corrected chi connectivity index (χ0v) is 18.4. The summed E-state index contributed by atoms with van der Waals surface area (Å²) in [6.45, 7) is 0.970. The second-order valence-electron chi connectivity index (χ2n) is 7.92. The maximum absolute atomic E-state index is 15.1. The maximum atomic E-state index is 15.1. The first kappa shape index (κ1) is 23.1. The zero-order valence-electron chi connectivity index (χ0n) is 17.6. The fourth-order valence-electron chi connectivity index (χ4n) is 3.95. The molecule has 0 bridgehead atoms. The third-order valence-electron chi connectivity index (χ3n) is 5.74. The average Bonchev–Trinajstić information content (AvgIpc) is 3.22. The Kier molecular flexibility index (Phi) is 6.12. The number of fused-ring (bicyclic) bond motifs is 1. The van der Waals surface area contributed by atoms with Gasteiger partial charge in [0.05, 0.1) is 22.0 Å². The number of hydrogen-bond donors (Lipinski definition) is 0. The molecule has 1 saturated heterocycles. The molecule has 0 N–H and O–H groups in total. The minimum Gasteiger partial charge on any atom is -0.246 e. The Hall–Kier alpha value is -3.03. The summed E-state index contributed by atoms with van der Waals surface area (Å²) in [4.78, 5) is 3.45. The summed E-state index contributed by atoms with van der Waals surface area (Å²) in [6, 6.07) is 8.21. The lowest BCUT2D eigenvalue weighted by Crippen LogP contribution is -2.29. The summed E-state index contributed by atoms with van der Waals surface area (Å²) in [5, 5.41) is 9.22. The predicted molar refractivity (Wildman–Crippen MR) is 114 cm³/mol. The molecule has 4 rings (SSSR count). The number of alkyl halides is 1. The van der Waals surface area contributed by atoms with Crippen LogP contribution in [0.4, 0.5) is 17.6 Å². The average molecular weight is 477 g/mol. The predicted octanol–water partition coefficient (Wildman–Crippen LogP) is 4.82. The van der Waals surface area contributed by atoms with Gasteiger partial charge in [0.2, 0.25) is 10.0 Å². The summed E-state index contributed by atoms with van der Waals surface area (Å²) in [6.07, 6.45) is -0.640. The SMILES string of the molecule is Cc1c(F)c(-c2c(F)cc(S(=O)(=O)N3CC[C@H](F)C3)cc2F)nc2cc(CCC#N)ccc12. The zero-order chi connectivity index (χ0) is 23.9. The van der Waals surface area contributed by atoms with Crippen molar-refractivity contribution in [3.05, 3.63) is 58.9 Å². The highest BCUT2D eigenvalue weighted by molar-refractivity contribution is 7.89. The Bertz CT molecular complexity index is 1380. The van der Waals surface area contributed by atoms with E-state index in [1.165, 1.54) is 6.92 Å². The van der Waals surface area contributed by atoms with Crippen molar-refractivity contribution < 1.29 is 26.0 Å². The molecule has 10 heteroatoms. The summed E-state index contributed by atoms with van der Waals surface area (Å²) < 4.78 is 84.7. The molecule has 172 valence electrons. The standard InChI is InChI=1S/C23H19F4N3O2S/c1-13-17-5-4-14(3-2-7-28)9-20(17)29-23(22(13)27)21-18(25)10-16(11-19(21)26)33(31,32)30-8-6-15(24)12-30/h4-5,9-11,15H,2-3,6,8,12H2,1H3/t15-/m0/s1. The van der Waals surface area contributed by atoms with Gasteiger partial charge in [-0.05, 0) is 49.1 Å². The molecule has 1 aromatic heterocycles. The van der Waals surface area contributed by atoms with Gasteiger partial charge in [0.15, 0.2) is 5.82 Å². The normalized spacial score (nSPS) is 16.9. The van der Waals surface area contributed by atoms with Crippen molar-refractivity contribution in [2.24, 2.45) is 0 Å². The van der Waals surface area contributed by atoms with Crippen LogP contribution >= 0.6 is 0 Å². The summed E-state index contributed by atoms with van der Waals surface area (Å²) in [5.74, 6) is -3.52. The Morgan fingerprint density at radius 3 is 2.48 bits per heavy atom. The van der Waals surface area contributed by atoms with E-state index in [2.05, 4.69) is 4.98 Å². The van der Waals surface area contributed by atoms with Crippen LogP contribution in [0.1, 0.15) is 24.0 Å². The molecule has 33 heavy (non-hydrogen) atoms. The van der Waals surface area contributed by atoms with E-state index in [1.54, 1.807) is 18.2 Å². The molecule has 0 spiro atoms. The second kappa shape index (κ2) is 8.72. The number of sulfonamides is 1. The summed E-state index contributed by atoms with van der Waals surface area (Å²) >= 11 is 0. The third kappa shape index (κ3) is 4.18. The lowest BCUT2D eigenvalue weighted by Gasteiger charge is -2.17. The van der Waals surface area contributed by atoms with Crippen molar-refractivity contribution in [1.29, 1.82) is 5.26 Å². The monoisotopic (exact) mass is 477 g/mol. The highest BCUT2D eigenvalue weighted by atomic mass is 32.2. The fourth-order valence-corrected chi connectivity index (χ4v) is 5.46. The van der Waals surface area contributed by atoms with Gasteiger partial charge in [0, 0.05) is 24.9 Å². The minimum atomic E-state index is -4.31. The maximum Gasteiger partial charge on any atom is 0.243 e. The molecule has 1 aliphatic rings. The lowest BCUT2D eigenvalue weighted by atomic mass is 10.0. The number of halogens is 4. The van der Waals surface area contributed by atoms with Crippen LogP contribution in [-0.4, -0.2) is 37.0 Å². The van der Waals surface area contributed by atoms with Gasteiger partial charge in [-0.2, -0.15) is 9.57 Å². The van der Waals surface area contributed by atoms with Crippen molar-refractivity contribution in [3.8, 4) is 17.3 Å². The van der Waals surface area contributed by atoms with E-state index in [4.69, 9.17) is 5.26 Å². The van der Waals surface area contributed by atoms with Crippen LogP contribution in [0.2, 0.25) is 0 Å². The second-order valence-corrected chi connectivity index (χ2v) is 9.86. The van der Waals surface area contributed by atoms with Crippen LogP contribution in [0.3, 0.4) is 0 Å². The van der Waals surface area contributed by atoms with E-state index in [0.717, 1.165) is 9.87 Å². The van der Waals surface area contributed by atoms with Gasteiger partial charge in [-0.15, -0.1) is 0 Å². The van der Waals surface area contributed by atoms with Gasteiger partial charge in [0.25, 0.3) is 0 Å². The molecule has 0 amide bonds. The van der Waals surface area contributed by atoms with Crippen LogP contribution in [0, 0.1) is 35.7 Å². The van der Waals surface area contributed by atoms with Crippen molar-refractivity contribution in [3.63, 3.8) is 0 Å². The van der Waals surface area contributed by atoms with Crippen molar-refractivity contribution in [2.45, 2.75) is 37.3 Å². The molecule has 0 saturated carbocycles. The lowest BCUT2D eigenvalue weighted by molar-refractivity contribution is 0.343.